The van der Waals surface area contributed by atoms with Gasteiger partial charge in [0.2, 0.25) is 0 Å². The Balaban J connectivity index is 2.19. The number of hydrogen-bond acceptors (Lipinski definition) is 3. The zero-order valence-electron chi connectivity index (χ0n) is 10.7. The van der Waals surface area contributed by atoms with Gasteiger partial charge in [-0.25, -0.2) is 0 Å². The van der Waals surface area contributed by atoms with Crippen molar-refractivity contribution in [2.24, 2.45) is 0 Å². The monoisotopic (exact) mass is 389 g/mol. The van der Waals surface area contributed by atoms with E-state index in [9.17, 15) is 10.1 Å². The van der Waals surface area contributed by atoms with Crippen LogP contribution in [0, 0.1) is 10.1 Å². The molecule has 0 aromatic heterocycles. The number of rotatable bonds is 5. The van der Waals surface area contributed by atoms with Gasteiger partial charge in [-0.3, -0.25) is 10.1 Å². The van der Waals surface area contributed by atoms with E-state index in [4.69, 9.17) is 27.9 Å². The summed E-state index contributed by atoms with van der Waals surface area (Å²) in [5.41, 5.74) is 1.59. The maximum atomic E-state index is 10.7. The summed E-state index contributed by atoms with van der Waals surface area (Å²) in [5.74, 6) is 0.816. The van der Waals surface area contributed by atoms with Gasteiger partial charge in [0.15, 0.2) is 0 Å². The first-order valence-corrected chi connectivity index (χ1v) is 7.62. The molecule has 0 bridgehead atoms. The summed E-state index contributed by atoms with van der Waals surface area (Å²) in [5, 5.41) is 11.2. The molecule has 0 unspecified atom stereocenters. The van der Waals surface area contributed by atoms with Gasteiger partial charge in [0, 0.05) is 27.7 Å². The van der Waals surface area contributed by atoms with Crippen molar-refractivity contribution in [1.29, 1.82) is 0 Å². The van der Waals surface area contributed by atoms with Gasteiger partial charge in [-0.05, 0) is 12.1 Å². The fourth-order valence-corrected chi connectivity index (χ4v) is 2.68. The van der Waals surface area contributed by atoms with E-state index in [2.05, 4.69) is 15.9 Å². The molecule has 0 atom stereocenters. The second-order valence-corrected chi connectivity index (χ2v) is 5.71. The second kappa shape index (κ2) is 7.11. The Labute approximate surface area is 139 Å². The minimum atomic E-state index is -0.449. The van der Waals surface area contributed by atoms with Crippen molar-refractivity contribution in [3.8, 4) is 5.75 Å². The zero-order valence-corrected chi connectivity index (χ0v) is 13.8. The Morgan fingerprint density at radius 1 is 1.24 bits per heavy atom. The lowest BCUT2D eigenvalue weighted by molar-refractivity contribution is -0.384. The van der Waals surface area contributed by atoms with Crippen molar-refractivity contribution in [3.05, 3.63) is 67.1 Å². The number of nitrogens with zero attached hydrogens (tertiary/aromatic N) is 1. The van der Waals surface area contributed by atoms with Crippen LogP contribution in [0.1, 0.15) is 11.1 Å². The Morgan fingerprint density at radius 2 is 2.00 bits per heavy atom. The fraction of sp³-hybridized carbons (Fsp3) is 0.143. The molecule has 0 fully saturated rings. The lowest BCUT2D eigenvalue weighted by Crippen LogP contribution is -2.00. The van der Waals surface area contributed by atoms with Crippen LogP contribution in [-0.2, 0) is 12.5 Å². The van der Waals surface area contributed by atoms with Gasteiger partial charge in [-0.15, -0.1) is 11.6 Å². The van der Waals surface area contributed by atoms with E-state index in [1.54, 1.807) is 18.2 Å². The van der Waals surface area contributed by atoms with Crippen molar-refractivity contribution >= 4 is 44.8 Å². The maximum absolute atomic E-state index is 10.7. The molecule has 2 rings (SSSR count). The molecule has 0 radical (unpaired) electrons. The van der Waals surface area contributed by atoms with E-state index >= 15 is 0 Å². The number of para-hydroxylation sites is 1. The summed E-state index contributed by atoms with van der Waals surface area (Å²) < 4.78 is 6.32. The van der Waals surface area contributed by atoms with Crippen LogP contribution in [0.5, 0.6) is 5.75 Å². The maximum Gasteiger partial charge on any atom is 0.270 e. The SMILES string of the molecule is O=[N+]([O-])c1ccc(COc2c(Cl)cccc2CCl)c(Br)c1. The third kappa shape index (κ3) is 3.87. The predicted molar refractivity (Wildman–Crippen MR) is 86.1 cm³/mol. The molecule has 7 heteroatoms. The number of benzene rings is 2. The van der Waals surface area contributed by atoms with E-state index < -0.39 is 4.92 Å². The van der Waals surface area contributed by atoms with Crippen molar-refractivity contribution in [3.63, 3.8) is 0 Å². The van der Waals surface area contributed by atoms with Gasteiger partial charge in [0.05, 0.1) is 15.8 Å². The van der Waals surface area contributed by atoms with Crippen LogP contribution in [0.15, 0.2) is 40.9 Å². The Bertz CT molecular complexity index is 679. The van der Waals surface area contributed by atoms with E-state index in [0.29, 0.717) is 15.2 Å². The highest BCUT2D eigenvalue weighted by atomic mass is 79.9. The summed E-state index contributed by atoms with van der Waals surface area (Å²) >= 11 is 15.2. The third-order valence-electron chi connectivity index (χ3n) is 2.81. The summed E-state index contributed by atoms with van der Waals surface area (Å²) in [6.07, 6.45) is 0. The fourth-order valence-electron chi connectivity index (χ4n) is 1.74. The molecule has 2 aromatic rings. The standard InChI is InChI=1S/C14H10BrCl2NO3/c15-12-6-11(18(19)20)5-4-10(12)8-21-14-9(7-16)2-1-3-13(14)17/h1-6H,7-8H2. The van der Waals surface area contributed by atoms with Crippen LogP contribution in [0.3, 0.4) is 0 Å². The Hall–Kier alpha value is -1.30. The molecule has 0 aliphatic rings. The molecule has 0 aliphatic carbocycles. The zero-order chi connectivity index (χ0) is 15.4. The predicted octanol–water partition coefficient (Wildman–Crippen LogP) is 5.33. The lowest BCUT2D eigenvalue weighted by Gasteiger charge is -2.12. The summed E-state index contributed by atoms with van der Waals surface area (Å²) in [6, 6.07) is 9.86. The molecule has 0 saturated carbocycles. The summed E-state index contributed by atoms with van der Waals surface area (Å²) in [7, 11) is 0. The molecule has 110 valence electrons. The molecular weight excluding hydrogens is 381 g/mol. The molecule has 0 spiro atoms. The van der Waals surface area contributed by atoms with Crippen molar-refractivity contribution in [2.75, 3.05) is 0 Å². The van der Waals surface area contributed by atoms with Crippen LogP contribution in [-0.4, -0.2) is 4.92 Å². The number of ether oxygens (including phenoxy) is 1. The molecule has 0 heterocycles. The van der Waals surface area contributed by atoms with Gasteiger partial charge < -0.3 is 4.74 Å². The minimum Gasteiger partial charge on any atom is -0.487 e. The van der Waals surface area contributed by atoms with Gasteiger partial charge in [-0.1, -0.05) is 39.7 Å². The third-order valence-corrected chi connectivity index (χ3v) is 4.14. The number of non-ortho nitro benzene ring substituents is 1. The Morgan fingerprint density at radius 3 is 2.62 bits per heavy atom. The molecule has 0 N–H and O–H groups in total. The first-order chi connectivity index (χ1) is 10.0. The average Bonchev–Trinajstić information content (AvgIpc) is 2.46. The number of hydrogen-bond donors (Lipinski definition) is 0. The molecule has 21 heavy (non-hydrogen) atoms. The van der Waals surface area contributed by atoms with Crippen LogP contribution in [0.4, 0.5) is 5.69 Å². The first kappa shape index (κ1) is 16.1. The minimum absolute atomic E-state index is 0.0183. The van der Waals surface area contributed by atoms with Gasteiger partial charge in [0.1, 0.15) is 12.4 Å². The molecule has 0 aliphatic heterocycles. The largest absolute Gasteiger partial charge is 0.487 e. The van der Waals surface area contributed by atoms with Gasteiger partial charge >= 0.3 is 0 Å². The number of nitro benzene ring substituents is 1. The summed E-state index contributed by atoms with van der Waals surface area (Å²) in [6.45, 7) is 0.228. The smallest absolute Gasteiger partial charge is 0.270 e. The summed E-state index contributed by atoms with van der Waals surface area (Å²) in [4.78, 5) is 10.2. The lowest BCUT2D eigenvalue weighted by atomic mass is 10.2. The molecule has 2 aromatic carbocycles. The van der Waals surface area contributed by atoms with Crippen LogP contribution in [0.25, 0.3) is 0 Å². The second-order valence-electron chi connectivity index (χ2n) is 4.18. The molecule has 4 nitrogen and oxygen atoms in total. The van der Waals surface area contributed by atoms with E-state index in [1.807, 2.05) is 6.07 Å². The average molecular weight is 391 g/mol. The number of nitro groups is 1. The molecule has 0 saturated heterocycles. The van der Waals surface area contributed by atoms with Crippen LogP contribution >= 0.6 is 39.1 Å². The van der Waals surface area contributed by atoms with E-state index in [-0.39, 0.29) is 18.2 Å². The highest BCUT2D eigenvalue weighted by molar-refractivity contribution is 9.10. The topological polar surface area (TPSA) is 52.4 Å². The highest BCUT2D eigenvalue weighted by Gasteiger charge is 2.12. The number of halogens is 3. The van der Waals surface area contributed by atoms with E-state index in [1.165, 1.54) is 12.1 Å². The number of alkyl halides is 1. The van der Waals surface area contributed by atoms with Crippen LogP contribution < -0.4 is 4.74 Å². The van der Waals surface area contributed by atoms with Crippen LogP contribution in [0.2, 0.25) is 5.02 Å². The van der Waals surface area contributed by atoms with Crippen molar-refractivity contribution in [2.45, 2.75) is 12.5 Å². The van der Waals surface area contributed by atoms with Crippen molar-refractivity contribution in [1.82, 2.24) is 0 Å². The Kier molecular flexibility index (Phi) is 5.45. The van der Waals surface area contributed by atoms with Crippen molar-refractivity contribution < 1.29 is 9.66 Å². The highest BCUT2D eigenvalue weighted by Crippen LogP contribution is 2.31. The molecular formula is C14H10BrCl2NO3. The van der Waals surface area contributed by atoms with Gasteiger partial charge in [-0.2, -0.15) is 0 Å². The first-order valence-electron chi connectivity index (χ1n) is 5.92. The normalized spacial score (nSPS) is 10.4. The quantitative estimate of drug-likeness (QED) is 0.394. The van der Waals surface area contributed by atoms with Gasteiger partial charge in [0.25, 0.3) is 5.69 Å². The molecule has 0 amide bonds. The van der Waals surface area contributed by atoms with E-state index in [0.717, 1.165) is 11.1 Å².